The van der Waals surface area contributed by atoms with E-state index in [0.29, 0.717) is 0 Å². The minimum atomic E-state index is -3.16. The smallest absolute Gasteiger partial charge is 0.387 e. The predicted octanol–water partition coefficient (Wildman–Crippen LogP) is 1.84. The van der Waals surface area contributed by atoms with Crippen molar-refractivity contribution in [3.63, 3.8) is 0 Å². The van der Waals surface area contributed by atoms with Crippen molar-refractivity contribution in [2.45, 2.75) is 13.0 Å². The summed E-state index contributed by atoms with van der Waals surface area (Å²) in [5.74, 6) is -3.96. The molecule has 0 aliphatic heterocycles. The number of carboxylic acids is 1. The molecular weight excluding hydrogens is 255 g/mol. The monoisotopic (exact) mass is 263 g/mol. The van der Waals surface area contributed by atoms with E-state index in [4.69, 9.17) is 5.11 Å². The Kier molecular flexibility index (Phi) is 4.52. The number of carboxylic acid groups (broad SMARTS) is 1. The number of hydrogen-bond donors (Lipinski definition) is 2. The zero-order valence-electron chi connectivity index (χ0n) is 8.82. The third-order valence-electron chi connectivity index (χ3n) is 1.74. The second-order valence-electron chi connectivity index (χ2n) is 3.14. The van der Waals surface area contributed by atoms with E-state index in [0.717, 1.165) is 18.2 Å². The van der Waals surface area contributed by atoms with Gasteiger partial charge in [0.25, 0.3) is 0 Å². The molecule has 98 valence electrons. The Balaban J connectivity index is 2.72. The summed E-state index contributed by atoms with van der Waals surface area (Å²) in [5.41, 5.74) is -0.0552. The van der Waals surface area contributed by atoms with Gasteiger partial charge in [-0.1, -0.05) is 0 Å². The highest BCUT2D eigenvalue weighted by molar-refractivity contribution is 6.01. The van der Waals surface area contributed by atoms with Crippen molar-refractivity contribution in [2.24, 2.45) is 0 Å². The Labute approximate surface area is 99.2 Å². The summed E-state index contributed by atoms with van der Waals surface area (Å²) in [6.45, 7) is -3.16. The molecule has 0 atom stereocenters. The summed E-state index contributed by atoms with van der Waals surface area (Å²) >= 11 is 0. The van der Waals surface area contributed by atoms with E-state index in [-0.39, 0.29) is 5.69 Å². The largest absolute Gasteiger partial charge is 0.481 e. The van der Waals surface area contributed by atoms with Crippen LogP contribution >= 0.6 is 0 Å². The molecule has 1 rings (SSSR count). The van der Waals surface area contributed by atoms with Crippen LogP contribution in [0.4, 0.5) is 18.9 Å². The predicted molar refractivity (Wildman–Crippen MR) is 53.9 cm³/mol. The Morgan fingerprint density at radius 2 is 2.06 bits per heavy atom. The van der Waals surface area contributed by atoms with Crippen molar-refractivity contribution in [3.05, 3.63) is 24.0 Å². The van der Waals surface area contributed by atoms with Crippen molar-refractivity contribution < 1.29 is 32.6 Å². The lowest BCUT2D eigenvalue weighted by Gasteiger charge is -2.08. The van der Waals surface area contributed by atoms with Crippen LogP contribution in [0.15, 0.2) is 18.2 Å². The van der Waals surface area contributed by atoms with E-state index in [2.05, 4.69) is 10.1 Å². The van der Waals surface area contributed by atoms with Crippen molar-refractivity contribution in [2.75, 3.05) is 5.32 Å². The van der Waals surface area contributed by atoms with Gasteiger partial charge in [-0.15, -0.1) is 0 Å². The molecule has 0 saturated heterocycles. The highest BCUT2D eigenvalue weighted by Crippen LogP contribution is 2.22. The van der Waals surface area contributed by atoms with Crippen molar-refractivity contribution >= 4 is 17.6 Å². The number of benzene rings is 1. The minimum absolute atomic E-state index is 0.0552. The summed E-state index contributed by atoms with van der Waals surface area (Å²) < 4.78 is 40.7. The van der Waals surface area contributed by atoms with Crippen LogP contribution < -0.4 is 10.1 Å². The van der Waals surface area contributed by atoms with Gasteiger partial charge in [-0.3, -0.25) is 9.59 Å². The second-order valence-corrected chi connectivity index (χ2v) is 3.14. The number of nitrogens with one attached hydrogen (secondary N) is 1. The van der Waals surface area contributed by atoms with Crippen LogP contribution in [-0.2, 0) is 9.59 Å². The minimum Gasteiger partial charge on any atom is -0.481 e. The summed E-state index contributed by atoms with van der Waals surface area (Å²) in [6, 6.07) is 2.76. The fraction of sp³-hybridized carbons (Fsp3) is 0.200. The maximum atomic E-state index is 13.2. The van der Waals surface area contributed by atoms with Gasteiger partial charge in [0.1, 0.15) is 6.42 Å². The van der Waals surface area contributed by atoms with E-state index >= 15 is 0 Å². The fourth-order valence-electron chi connectivity index (χ4n) is 1.11. The summed E-state index contributed by atoms with van der Waals surface area (Å²) in [5, 5.41) is 10.4. The van der Waals surface area contributed by atoms with Gasteiger partial charge < -0.3 is 15.2 Å². The van der Waals surface area contributed by atoms with E-state index in [1.165, 1.54) is 0 Å². The molecule has 1 aromatic carbocycles. The van der Waals surface area contributed by atoms with Gasteiger partial charge in [0.2, 0.25) is 5.91 Å². The second kappa shape index (κ2) is 5.89. The quantitative estimate of drug-likeness (QED) is 0.795. The lowest BCUT2D eigenvalue weighted by Crippen LogP contribution is -2.16. The number of halogens is 3. The van der Waals surface area contributed by atoms with Crippen molar-refractivity contribution in [3.8, 4) is 5.75 Å². The highest BCUT2D eigenvalue weighted by atomic mass is 19.3. The first-order chi connectivity index (χ1) is 8.38. The number of rotatable bonds is 5. The van der Waals surface area contributed by atoms with Crippen LogP contribution in [0.5, 0.6) is 5.75 Å². The molecule has 1 aromatic rings. The average molecular weight is 263 g/mol. The molecule has 0 unspecified atom stereocenters. The lowest BCUT2D eigenvalue weighted by atomic mass is 10.2. The molecule has 18 heavy (non-hydrogen) atoms. The zero-order valence-corrected chi connectivity index (χ0v) is 8.82. The Morgan fingerprint density at radius 1 is 1.39 bits per heavy atom. The fourth-order valence-corrected chi connectivity index (χ4v) is 1.11. The van der Waals surface area contributed by atoms with Gasteiger partial charge in [-0.05, 0) is 12.1 Å². The Morgan fingerprint density at radius 3 is 2.56 bits per heavy atom. The number of ether oxygens (including phenoxy) is 1. The first kappa shape index (κ1) is 13.8. The first-order valence-corrected chi connectivity index (χ1v) is 4.64. The van der Waals surface area contributed by atoms with Crippen LogP contribution in [0.2, 0.25) is 0 Å². The van der Waals surface area contributed by atoms with E-state index < -0.39 is 36.5 Å². The van der Waals surface area contributed by atoms with Crippen LogP contribution in [0.1, 0.15) is 6.42 Å². The number of carbonyl (C=O) groups excluding carboxylic acids is 1. The third kappa shape index (κ3) is 4.32. The Hall–Kier alpha value is -2.25. The number of amides is 1. The number of alkyl halides is 2. The molecular formula is C10H8F3NO4. The molecule has 0 fully saturated rings. The van der Waals surface area contributed by atoms with Crippen LogP contribution in [0.25, 0.3) is 0 Å². The van der Waals surface area contributed by atoms with Gasteiger partial charge in [-0.25, -0.2) is 4.39 Å². The zero-order chi connectivity index (χ0) is 13.7. The van der Waals surface area contributed by atoms with Crippen LogP contribution in [0, 0.1) is 5.82 Å². The molecule has 0 aromatic heterocycles. The standard InChI is InChI=1S/C10H8F3NO4/c11-6-3-5(14-8(15)4-9(16)17)1-2-7(6)18-10(12)13/h1-3,10H,4H2,(H,14,15)(H,16,17). The van der Waals surface area contributed by atoms with Crippen LogP contribution in [-0.4, -0.2) is 23.6 Å². The number of aliphatic carboxylic acids is 1. The maximum Gasteiger partial charge on any atom is 0.387 e. The molecule has 8 heteroatoms. The van der Waals surface area contributed by atoms with Crippen molar-refractivity contribution in [1.29, 1.82) is 0 Å². The third-order valence-corrected chi connectivity index (χ3v) is 1.74. The molecule has 0 aliphatic carbocycles. The first-order valence-electron chi connectivity index (χ1n) is 4.64. The number of hydrogen-bond acceptors (Lipinski definition) is 3. The number of carbonyl (C=O) groups is 2. The molecule has 0 saturated carbocycles. The molecule has 0 spiro atoms. The normalized spacial score (nSPS) is 10.2. The van der Waals surface area contributed by atoms with Gasteiger partial charge in [0.15, 0.2) is 11.6 Å². The van der Waals surface area contributed by atoms with Crippen molar-refractivity contribution in [1.82, 2.24) is 0 Å². The van der Waals surface area contributed by atoms with Gasteiger partial charge in [0, 0.05) is 11.8 Å². The highest BCUT2D eigenvalue weighted by Gasteiger charge is 2.12. The van der Waals surface area contributed by atoms with E-state index in [9.17, 15) is 22.8 Å². The molecule has 0 radical (unpaired) electrons. The van der Waals surface area contributed by atoms with E-state index in [1.807, 2.05) is 0 Å². The molecule has 5 nitrogen and oxygen atoms in total. The molecule has 1 amide bonds. The maximum absolute atomic E-state index is 13.2. The average Bonchev–Trinajstić information content (AvgIpc) is 2.20. The molecule has 0 heterocycles. The number of anilines is 1. The van der Waals surface area contributed by atoms with Gasteiger partial charge >= 0.3 is 12.6 Å². The van der Waals surface area contributed by atoms with Crippen LogP contribution in [0.3, 0.4) is 0 Å². The molecule has 0 aliphatic rings. The Bertz CT molecular complexity index is 464. The SMILES string of the molecule is O=C(O)CC(=O)Nc1ccc(OC(F)F)c(F)c1. The lowest BCUT2D eigenvalue weighted by molar-refractivity contribution is -0.139. The molecule has 2 N–H and O–H groups in total. The topological polar surface area (TPSA) is 75.6 Å². The van der Waals surface area contributed by atoms with Gasteiger partial charge in [-0.2, -0.15) is 8.78 Å². The molecule has 0 bridgehead atoms. The summed E-state index contributed by atoms with van der Waals surface area (Å²) in [6.07, 6.45) is -0.781. The summed E-state index contributed by atoms with van der Waals surface area (Å²) in [7, 11) is 0. The van der Waals surface area contributed by atoms with Gasteiger partial charge in [0.05, 0.1) is 0 Å². The van der Waals surface area contributed by atoms with E-state index in [1.54, 1.807) is 0 Å². The summed E-state index contributed by atoms with van der Waals surface area (Å²) in [4.78, 5) is 21.2.